The first-order valence-corrected chi connectivity index (χ1v) is 8.67. The van der Waals surface area contributed by atoms with Crippen LogP contribution in [0.3, 0.4) is 0 Å². The molecule has 4 heterocycles. The SMILES string of the molecule is COCc1nnn2c1Cc1c(-c3nc(C)no3)ncn1-c1ccc(OC)cc1-2. The zero-order valence-corrected chi connectivity index (χ0v) is 15.6. The van der Waals surface area contributed by atoms with Gasteiger partial charge in [0, 0.05) is 19.6 Å². The fourth-order valence-corrected chi connectivity index (χ4v) is 3.44. The highest BCUT2D eigenvalue weighted by molar-refractivity contribution is 5.63. The lowest BCUT2D eigenvalue weighted by molar-refractivity contribution is 0.180. The molecule has 0 bridgehead atoms. The summed E-state index contributed by atoms with van der Waals surface area (Å²) in [7, 11) is 3.27. The molecule has 1 aromatic carbocycles. The molecule has 1 aliphatic heterocycles. The van der Waals surface area contributed by atoms with Gasteiger partial charge in [-0.25, -0.2) is 9.67 Å². The van der Waals surface area contributed by atoms with E-state index in [1.165, 1.54) is 0 Å². The molecule has 0 amide bonds. The van der Waals surface area contributed by atoms with Crippen molar-refractivity contribution in [1.82, 2.24) is 34.7 Å². The Hall–Kier alpha value is -3.53. The topological polar surface area (TPSA) is 106 Å². The monoisotopic (exact) mass is 379 g/mol. The Morgan fingerprint density at radius 2 is 2.07 bits per heavy atom. The van der Waals surface area contributed by atoms with Gasteiger partial charge < -0.3 is 14.0 Å². The molecule has 10 nitrogen and oxygen atoms in total. The van der Waals surface area contributed by atoms with E-state index in [-0.39, 0.29) is 0 Å². The van der Waals surface area contributed by atoms with E-state index in [4.69, 9.17) is 14.0 Å². The van der Waals surface area contributed by atoms with E-state index in [0.717, 1.165) is 34.2 Å². The van der Waals surface area contributed by atoms with Crippen molar-refractivity contribution in [1.29, 1.82) is 0 Å². The van der Waals surface area contributed by atoms with Crippen LogP contribution in [0, 0.1) is 6.92 Å². The standard InChI is InChI=1S/C18H17N7O3/c1-10-20-18(28-22-10)17-16-7-14-12(8-26-2)21-23-25(14)15-6-11(27-3)4-5-13(15)24(16)9-19-17/h4-6,9H,7-8H2,1-3H3. The number of rotatable bonds is 4. The van der Waals surface area contributed by atoms with Crippen molar-refractivity contribution in [2.75, 3.05) is 14.2 Å². The van der Waals surface area contributed by atoms with E-state index in [2.05, 4.69) is 25.4 Å². The molecule has 0 fully saturated rings. The van der Waals surface area contributed by atoms with Crippen molar-refractivity contribution in [2.24, 2.45) is 0 Å². The van der Waals surface area contributed by atoms with Crippen molar-refractivity contribution in [3.8, 4) is 28.7 Å². The average Bonchev–Trinajstić information content (AvgIpc) is 3.40. The molecule has 0 N–H and O–H groups in total. The molecular formula is C18H17N7O3. The van der Waals surface area contributed by atoms with Gasteiger partial charge >= 0.3 is 0 Å². The van der Waals surface area contributed by atoms with Gasteiger partial charge in [-0.2, -0.15) is 4.98 Å². The van der Waals surface area contributed by atoms with Crippen LogP contribution in [0.25, 0.3) is 23.0 Å². The zero-order valence-electron chi connectivity index (χ0n) is 15.6. The Labute approximate surface area is 159 Å². The normalized spacial score (nSPS) is 12.2. The van der Waals surface area contributed by atoms with Crippen LogP contribution in [0.2, 0.25) is 0 Å². The number of imidazole rings is 1. The molecule has 0 radical (unpaired) electrons. The highest BCUT2D eigenvalue weighted by Crippen LogP contribution is 2.34. The molecule has 10 heteroatoms. The third-order valence-electron chi connectivity index (χ3n) is 4.73. The molecule has 0 atom stereocenters. The number of aromatic nitrogens is 7. The van der Waals surface area contributed by atoms with Gasteiger partial charge in [0.25, 0.3) is 5.89 Å². The molecule has 142 valence electrons. The van der Waals surface area contributed by atoms with Crippen LogP contribution in [0.1, 0.15) is 22.9 Å². The summed E-state index contributed by atoms with van der Waals surface area (Å²) in [6.07, 6.45) is 2.28. The third-order valence-corrected chi connectivity index (χ3v) is 4.73. The first-order chi connectivity index (χ1) is 13.7. The maximum Gasteiger partial charge on any atom is 0.278 e. The van der Waals surface area contributed by atoms with Gasteiger partial charge in [0.05, 0.1) is 36.5 Å². The van der Waals surface area contributed by atoms with E-state index in [1.54, 1.807) is 27.5 Å². The minimum atomic E-state index is 0.359. The van der Waals surface area contributed by atoms with Gasteiger partial charge in [0.1, 0.15) is 17.8 Å². The smallest absolute Gasteiger partial charge is 0.278 e. The Morgan fingerprint density at radius 3 is 2.82 bits per heavy atom. The molecule has 0 unspecified atom stereocenters. The van der Waals surface area contributed by atoms with Gasteiger partial charge in [-0.1, -0.05) is 10.4 Å². The lowest BCUT2D eigenvalue weighted by Gasteiger charge is -2.11. The van der Waals surface area contributed by atoms with E-state index in [0.29, 0.717) is 30.4 Å². The number of benzene rings is 1. The van der Waals surface area contributed by atoms with Crippen molar-refractivity contribution < 1.29 is 14.0 Å². The highest BCUT2D eigenvalue weighted by Gasteiger charge is 2.28. The molecule has 0 saturated carbocycles. The van der Waals surface area contributed by atoms with Crippen LogP contribution < -0.4 is 4.74 Å². The van der Waals surface area contributed by atoms with Gasteiger partial charge in [0.15, 0.2) is 11.5 Å². The van der Waals surface area contributed by atoms with Crippen molar-refractivity contribution in [3.63, 3.8) is 0 Å². The van der Waals surface area contributed by atoms with Gasteiger partial charge in [-0.15, -0.1) is 5.10 Å². The van der Waals surface area contributed by atoms with Gasteiger partial charge in [-0.3, -0.25) is 4.57 Å². The lowest BCUT2D eigenvalue weighted by Crippen LogP contribution is -2.04. The van der Waals surface area contributed by atoms with Crippen molar-refractivity contribution >= 4 is 0 Å². The number of ether oxygens (including phenoxy) is 2. The Bertz CT molecular complexity index is 1170. The largest absolute Gasteiger partial charge is 0.497 e. The number of hydrogen-bond acceptors (Lipinski definition) is 8. The predicted octanol–water partition coefficient (Wildman–Crippen LogP) is 1.87. The number of fused-ring (bicyclic) bond motifs is 5. The van der Waals surface area contributed by atoms with E-state index in [1.807, 2.05) is 27.4 Å². The minimum Gasteiger partial charge on any atom is -0.497 e. The molecule has 1 aliphatic rings. The summed E-state index contributed by atoms with van der Waals surface area (Å²) in [4.78, 5) is 8.89. The lowest BCUT2D eigenvalue weighted by atomic mass is 10.1. The third kappa shape index (κ3) is 2.42. The summed E-state index contributed by atoms with van der Waals surface area (Å²) >= 11 is 0. The second-order valence-corrected chi connectivity index (χ2v) is 6.42. The van der Waals surface area contributed by atoms with E-state index >= 15 is 0 Å². The van der Waals surface area contributed by atoms with Crippen LogP contribution >= 0.6 is 0 Å². The fourth-order valence-electron chi connectivity index (χ4n) is 3.44. The van der Waals surface area contributed by atoms with Crippen molar-refractivity contribution in [3.05, 3.63) is 47.4 Å². The minimum absolute atomic E-state index is 0.359. The first-order valence-electron chi connectivity index (χ1n) is 8.67. The summed E-state index contributed by atoms with van der Waals surface area (Å²) in [5.74, 6) is 1.67. The van der Waals surface area contributed by atoms with Crippen LogP contribution in [-0.4, -0.2) is 48.9 Å². The molecular weight excluding hydrogens is 362 g/mol. The second-order valence-electron chi connectivity index (χ2n) is 6.42. The molecule has 0 aliphatic carbocycles. The van der Waals surface area contributed by atoms with E-state index in [9.17, 15) is 0 Å². The van der Waals surface area contributed by atoms with Gasteiger partial charge in [-0.05, 0) is 19.1 Å². The maximum atomic E-state index is 5.41. The second kappa shape index (κ2) is 6.27. The van der Waals surface area contributed by atoms with Gasteiger partial charge in [0.2, 0.25) is 0 Å². The number of hydrogen-bond donors (Lipinski definition) is 0. The predicted molar refractivity (Wildman–Crippen MR) is 96.6 cm³/mol. The number of aryl methyl sites for hydroxylation is 1. The zero-order chi connectivity index (χ0) is 19.3. The Balaban J connectivity index is 1.78. The molecule has 4 aromatic rings. The summed E-state index contributed by atoms with van der Waals surface area (Å²) in [5.41, 5.74) is 4.97. The number of methoxy groups -OCH3 is 2. The molecule has 28 heavy (non-hydrogen) atoms. The summed E-state index contributed by atoms with van der Waals surface area (Å²) in [5, 5.41) is 12.6. The summed E-state index contributed by atoms with van der Waals surface area (Å²) < 4.78 is 19.9. The van der Waals surface area contributed by atoms with Crippen LogP contribution in [0.5, 0.6) is 5.75 Å². The van der Waals surface area contributed by atoms with Crippen LogP contribution in [0.15, 0.2) is 29.0 Å². The fraction of sp³-hybridized carbons (Fsp3) is 0.278. The quantitative estimate of drug-likeness (QED) is 0.466. The molecule has 5 rings (SSSR count). The highest BCUT2D eigenvalue weighted by atomic mass is 16.5. The maximum absolute atomic E-state index is 5.41. The summed E-state index contributed by atoms with van der Waals surface area (Å²) in [6.45, 7) is 2.14. The molecule has 3 aromatic heterocycles. The van der Waals surface area contributed by atoms with E-state index < -0.39 is 0 Å². The Morgan fingerprint density at radius 1 is 1.18 bits per heavy atom. The Kier molecular flexibility index (Phi) is 3.72. The van der Waals surface area contributed by atoms with Crippen molar-refractivity contribution in [2.45, 2.75) is 20.0 Å². The summed E-state index contributed by atoms with van der Waals surface area (Å²) in [6, 6.07) is 5.79. The van der Waals surface area contributed by atoms with Crippen LogP contribution in [-0.2, 0) is 17.8 Å². The molecule has 0 saturated heterocycles. The number of nitrogens with zero attached hydrogens (tertiary/aromatic N) is 7. The first kappa shape index (κ1) is 16.6. The van der Waals surface area contributed by atoms with Crippen LogP contribution in [0.4, 0.5) is 0 Å². The molecule has 0 spiro atoms. The average molecular weight is 379 g/mol.